The number of aliphatic hydroxyl groups is 1. The molecule has 1 N–H and O–H groups in total. The number of likely N-dealkylation sites (tertiary alicyclic amines) is 1. The van der Waals surface area contributed by atoms with Gasteiger partial charge in [0.2, 0.25) is 0 Å². The van der Waals surface area contributed by atoms with Crippen molar-refractivity contribution in [2.45, 2.75) is 64.0 Å². The molecule has 1 atom stereocenters. The second-order valence-electron chi connectivity index (χ2n) is 5.99. The zero-order chi connectivity index (χ0) is 10.9. The Kier molecular flexibility index (Phi) is 3.36. The van der Waals surface area contributed by atoms with E-state index in [0.717, 1.165) is 12.6 Å². The Hall–Kier alpha value is -0.0800. The summed E-state index contributed by atoms with van der Waals surface area (Å²) in [4.78, 5) is 2.68. The van der Waals surface area contributed by atoms with Crippen LogP contribution in [0, 0.1) is 5.92 Å². The van der Waals surface area contributed by atoms with Gasteiger partial charge in [0, 0.05) is 24.7 Å². The Bertz CT molecular complexity index is 209. The fourth-order valence-electron chi connectivity index (χ4n) is 3.33. The molecule has 1 saturated carbocycles. The van der Waals surface area contributed by atoms with Gasteiger partial charge in [-0.05, 0) is 45.4 Å². The molecule has 1 aliphatic carbocycles. The molecule has 1 saturated heterocycles. The molecule has 2 heteroatoms. The highest BCUT2D eigenvalue weighted by molar-refractivity contribution is 4.93. The van der Waals surface area contributed by atoms with Gasteiger partial charge in [-0.25, -0.2) is 0 Å². The Morgan fingerprint density at radius 1 is 1.20 bits per heavy atom. The van der Waals surface area contributed by atoms with E-state index in [1.54, 1.807) is 0 Å². The molecule has 0 spiro atoms. The van der Waals surface area contributed by atoms with Crippen molar-refractivity contribution >= 4 is 0 Å². The molecule has 88 valence electrons. The van der Waals surface area contributed by atoms with Gasteiger partial charge in [-0.15, -0.1) is 0 Å². The van der Waals surface area contributed by atoms with Crippen LogP contribution in [0.3, 0.4) is 0 Å². The van der Waals surface area contributed by atoms with Crippen LogP contribution in [0.25, 0.3) is 0 Å². The zero-order valence-corrected chi connectivity index (χ0v) is 10.2. The molecule has 0 radical (unpaired) electrons. The summed E-state index contributed by atoms with van der Waals surface area (Å²) < 4.78 is 0. The number of hydrogen-bond acceptors (Lipinski definition) is 2. The maximum atomic E-state index is 9.30. The molecular formula is C13H25NO. The molecule has 0 aromatic carbocycles. The van der Waals surface area contributed by atoms with E-state index in [1.807, 2.05) is 0 Å². The highest BCUT2D eigenvalue weighted by atomic mass is 16.3. The Morgan fingerprint density at radius 3 is 2.47 bits per heavy atom. The van der Waals surface area contributed by atoms with Gasteiger partial charge in [0.25, 0.3) is 0 Å². The first-order chi connectivity index (χ1) is 7.13. The Balaban J connectivity index is 2.03. The molecule has 2 fully saturated rings. The third-order valence-corrected chi connectivity index (χ3v) is 4.42. The predicted molar refractivity (Wildman–Crippen MR) is 62.9 cm³/mol. The zero-order valence-electron chi connectivity index (χ0n) is 10.2. The number of hydrogen-bond donors (Lipinski definition) is 1. The Labute approximate surface area is 93.7 Å². The van der Waals surface area contributed by atoms with E-state index in [0.29, 0.717) is 18.1 Å². The summed E-state index contributed by atoms with van der Waals surface area (Å²) in [6, 6.07) is 0.800. The molecule has 15 heavy (non-hydrogen) atoms. The van der Waals surface area contributed by atoms with Gasteiger partial charge in [0.05, 0.1) is 0 Å². The van der Waals surface area contributed by atoms with E-state index < -0.39 is 0 Å². The van der Waals surface area contributed by atoms with Gasteiger partial charge in [-0.1, -0.05) is 12.8 Å². The van der Waals surface area contributed by atoms with E-state index >= 15 is 0 Å². The van der Waals surface area contributed by atoms with Gasteiger partial charge in [-0.3, -0.25) is 4.90 Å². The normalized spacial score (nSPS) is 33.4. The van der Waals surface area contributed by atoms with Crippen molar-refractivity contribution in [2.24, 2.45) is 5.92 Å². The quantitative estimate of drug-likeness (QED) is 0.758. The predicted octanol–water partition coefficient (Wildman–Crippen LogP) is 2.41. The van der Waals surface area contributed by atoms with Crippen LogP contribution in [-0.4, -0.2) is 34.7 Å². The van der Waals surface area contributed by atoms with Crippen molar-refractivity contribution < 1.29 is 5.11 Å². The van der Waals surface area contributed by atoms with Crippen LogP contribution in [-0.2, 0) is 0 Å². The van der Waals surface area contributed by atoms with E-state index in [-0.39, 0.29) is 0 Å². The first-order valence-corrected chi connectivity index (χ1v) is 6.51. The summed E-state index contributed by atoms with van der Waals surface area (Å²) in [5.41, 5.74) is 0.362. The van der Waals surface area contributed by atoms with Crippen molar-refractivity contribution in [3.8, 4) is 0 Å². The van der Waals surface area contributed by atoms with Gasteiger partial charge in [-0.2, -0.15) is 0 Å². The molecule has 1 aliphatic heterocycles. The van der Waals surface area contributed by atoms with Crippen molar-refractivity contribution in [1.29, 1.82) is 0 Å². The lowest BCUT2D eigenvalue weighted by atomic mass is 9.83. The standard InChI is InChI=1S/C13H25NO/c1-13(2)8-7-11(10-15)9-14(13)12-5-3-4-6-12/h11-12,15H,3-10H2,1-2H3. The summed E-state index contributed by atoms with van der Waals surface area (Å²) in [6.45, 7) is 6.24. The van der Waals surface area contributed by atoms with Crippen LogP contribution in [0.5, 0.6) is 0 Å². The van der Waals surface area contributed by atoms with Gasteiger partial charge >= 0.3 is 0 Å². The summed E-state index contributed by atoms with van der Waals surface area (Å²) in [5, 5.41) is 9.30. The second kappa shape index (κ2) is 4.42. The van der Waals surface area contributed by atoms with Crippen molar-refractivity contribution in [1.82, 2.24) is 4.90 Å². The number of rotatable bonds is 2. The highest BCUT2D eigenvalue weighted by Crippen LogP contribution is 2.36. The van der Waals surface area contributed by atoms with Crippen LogP contribution in [0.2, 0.25) is 0 Å². The lowest BCUT2D eigenvalue weighted by Gasteiger charge is -2.48. The Morgan fingerprint density at radius 2 is 1.87 bits per heavy atom. The molecule has 2 nitrogen and oxygen atoms in total. The smallest absolute Gasteiger partial charge is 0.0471 e. The summed E-state index contributed by atoms with van der Waals surface area (Å²) >= 11 is 0. The van der Waals surface area contributed by atoms with Gasteiger partial charge in [0.1, 0.15) is 0 Å². The molecule has 2 rings (SSSR count). The maximum absolute atomic E-state index is 9.30. The van der Waals surface area contributed by atoms with Crippen molar-refractivity contribution in [2.75, 3.05) is 13.2 Å². The van der Waals surface area contributed by atoms with Crippen LogP contribution in [0.15, 0.2) is 0 Å². The first-order valence-electron chi connectivity index (χ1n) is 6.51. The van der Waals surface area contributed by atoms with Gasteiger partial charge in [0.15, 0.2) is 0 Å². The van der Waals surface area contributed by atoms with Crippen LogP contribution >= 0.6 is 0 Å². The van der Waals surface area contributed by atoms with E-state index in [2.05, 4.69) is 18.7 Å². The average molecular weight is 211 g/mol. The average Bonchev–Trinajstić information content (AvgIpc) is 2.70. The molecule has 1 unspecified atom stereocenters. The second-order valence-corrected chi connectivity index (χ2v) is 5.99. The third-order valence-electron chi connectivity index (χ3n) is 4.42. The largest absolute Gasteiger partial charge is 0.396 e. The van der Waals surface area contributed by atoms with Gasteiger partial charge < -0.3 is 5.11 Å². The lowest BCUT2D eigenvalue weighted by molar-refractivity contribution is -0.00507. The molecule has 0 amide bonds. The monoisotopic (exact) mass is 211 g/mol. The SMILES string of the molecule is CC1(C)CCC(CO)CN1C1CCCC1. The molecule has 0 aromatic heterocycles. The molecule has 0 bridgehead atoms. The lowest BCUT2D eigenvalue weighted by Crippen LogP contribution is -2.54. The van der Waals surface area contributed by atoms with E-state index in [4.69, 9.17) is 0 Å². The molecule has 1 heterocycles. The highest BCUT2D eigenvalue weighted by Gasteiger charge is 2.38. The fourth-order valence-corrected chi connectivity index (χ4v) is 3.33. The van der Waals surface area contributed by atoms with Crippen LogP contribution < -0.4 is 0 Å². The van der Waals surface area contributed by atoms with E-state index in [1.165, 1.54) is 38.5 Å². The number of piperidine rings is 1. The molecule has 2 aliphatic rings. The first kappa shape index (κ1) is 11.4. The summed E-state index contributed by atoms with van der Waals surface area (Å²) in [7, 11) is 0. The third kappa shape index (κ3) is 2.36. The van der Waals surface area contributed by atoms with Crippen molar-refractivity contribution in [3.63, 3.8) is 0 Å². The summed E-state index contributed by atoms with van der Waals surface area (Å²) in [5.74, 6) is 0.527. The number of nitrogens with zero attached hydrogens (tertiary/aromatic N) is 1. The van der Waals surface area contributed by atoms with Crippen molar-refractivity contribution in [3.05, 3.63) is 0 Å². The minimum atomic E-state index is 0.362. The molecule has 0 aromatic rings. The van der Waals surface area contributed by atoms with Crippen LogP contribution in [0.4, 0.5) is 0 Å². The van der Waals surface area contributed by atoms with Crippen LogP contribution in [0.1, 0.15) is 52.4 Å². The molecular weight excluding hydrogens is 186 g/mol. The number of aliphatic hydroxyl groups excluding tert-OH is 1. The topological polar surface area (TPSA) is 23.5 Å². The van der Waals surface area contributed by atoms with E-state index in [9.17, 15) is 5.11 Å². The minimum Gasteiger partial charge on any atom is -0.396 e. The summed E-state index contributed by atoms with van der Waals surface area (Å²) in [6.07, 6.45) is 8.01. The maximum Gasteiger partial charge on any atom is 0.0471 e. The minimum absolute atomic E-state index is 0.362. The fraction of sp³-hybridized carbons (Fsp3) is 1.00.